The first-order valence-electron chi connectivity index (χ1n) is 12.3. The zero-order valence-corrected chi connectivity index (χ0v) is 23.3. The van der Waals surface area contributed by atoms with Gasteiger partial charge in [-0.05, 0) is 85.0 Å². The lowest BCUT2D eigenvalue weighted by Crippen LogP contribution is -2.49. The Labute approximate surface area is 237 Å². The summed E-state index contributed by atoms with van der Waals surface area (Å²) in [6, 6.07) is 17.1. The highest BCUT2D eigenvalue weighted by molar-refractivity contribution is 6.35. The van der Waals surface area contributed by atoms with E-state index in [0.29, 0.717) is 29.5 Å². The van der Waals surface area contributed by atoms with E-state index in [-0.39, 0.29) is 16.8 Å². The lowest BCUT2D eigenvalue weighted by molar-refractivity contribution is -0.132. The lowest BCUT2D eigenvalue weighted by Gasteiger charge is -2.22. The van der Waals surface area contributed by atoms with Crippen molar-refractivity contribution in [1.29, 1.82) is 0 Å². The van der Waals surface area contributed by atoms with Crippen LogP contribution in [0.25, 0.3) is 0 Å². The van der Waals surface area contributed by atoms with Gasteiger partial charge in [0.25, 0.3) is 11.8 Å². The molecule has 3 rings (SSSR count). The number of carbonyl (C=O) groups is 2. The van der Waals surface area contributed by atoms with E-state index >= 15 is 0 Å². The van der Waals surface area contributed by atoms with Crippen molar-refractivity contribution >= 4 is 41.2 Å². The van der Waals surface area contributed by atoms with Crippen LogP contribution >= 0.6 is 23.2 Å². The largest absolute Gasteiger partial charge is 0.489 e. The van der Waals surface area contributed by atoms with Crippen molar-refractivity contribution in [3.63, 3.8) is 0 Å². The summed E-state index contributed by atoms with van der Waals surface area (Å²) in [4.78, 5) is 25.6. The summed E-state index contributed by atoms with van der Waals surface area (Å²) in [5.41, 5.74) is 4.07. The molecular formula is C29H30Cl2FN3O4. The molecule has 0 aromatic heterocycles. The first kappa shape index (κ1) is 29.9. The van der Waals surface area contributed by atoms with Crippen molar-refractivity contribution < 1.29 is 23.5 Å². The highest BCUT2D eigenvalue weighted by Crippen LogP contribution is 2.28. The monoisotopic (exact) mass is 573 g/mol. The van der Waals surface area contributed by atoms with E-state index in [0.717, 1.165) is 11.1 Å². The lowest BCUT2D eigenvalue weighted by atomic mass is 10.0. The van der Waals surface area contributed by atoms with Crippen molar-refractivity contribution in [1.82, 2.24) is 10.7 Å². The number of rotatable bonds is 12. The van der Waals surface area contributed by atoms with Crippen LogP contribution in [-0.2, 0) is 16.2 Å². The maximum atomic E-state index is 13.0. The molecule has 0 aliphatic carbocycles. The number of amides is 2. The SMILES string of the molecule is CC(C)C[C@H](NC(=O)[C@@H](C)Oc1ccc(Cl)cc1Cl)C(=O)N/N=C\c1ccc(OCc2ccc(F)cc2)cc1. The van der Waals surface area contributed by atoms with Gasteiger partial charge in [0, 0.05) is 5.02 Å². The van der Waals surface area contributed by atoms with Crippen LogP contribution in [0.1, 0.15) is 38.3 Å². The van der Waals surface area contributed by atoms with Gasteiger partial charge in [-0.3, -0.25) is 9.59 Å². The smallest absolute Gasteiger partial charge is 0.262 e. The zero-order chi connectivity index (χ0) is 28.4. The zero-order valence-electron chi connectivity index (χ0n) is 21.8. The molecule has 0 spiro atoms. The molecule has 0 heterocycles. The Morgan fingerprint density at radius 2 is 1.67 bits per heavy atom. The number of hydrogen-bond donors (Lipinski definition) is 2. The fourth-order valence-electron chi connectivity index (χ4n) is 3.45. The van der Waals surface area contributed by atoms with Gasteiger partial charge in [0.05, 0.1) is 11.2 Å². The minimum atomic E-state index is -0.904. The Bertz CT molecular complexity index is 1280. The number of halogens is 3. The first-order chi connectivity index (χ1) is 18.6. The van der Waals surface area contributed by atoms with Crippen LogP contribution < -0.4 is 20.2 Å². The van der Waals surface area contributed by atoms with Crippen molar-refractivity contribution in [2.24, 2.45) is 11.0 Å². The average Bonchev–Trinajstić information content (AvgIpc) is 2.90. The van der Waals surface area contributed by atoms with Gasteiger partial charge in [-0.2, -0.15) is 5.10 Å². The number of hydrogen-bond acceptors (Lipinski definition) is 5. The Balaban J connectivity index is 1.52. The van der Waals surface area contributed by atoms with Crippen molar-refractivity contribution in [2.75, 3.05) is 0 Å². The number of benzene rings is 3. The summed E-state index contributed by atoms with van der Waals surface area (Å²) in [6.07, 6.45) is 0.990. The van der Waals surface area contributed by atoms with Crippen molar-refractivity contribution in [3.8, 4) is 11.5 Å². The Morgan fingerprint density at radius 1 is 0.974 bits per heavy atom. The van der Waals surface area contributed by atoms with Gasteiger partial charge in [-0.15, -0.1) is 0 Å². The highest BCUT2D eigenvalue weighted by Gasteiger charge is 2.25. The molecule has 2 amide bonds. The van der Waals surface area contributed by atoms with Crippen LogP contribution in [0.15, 0.2) is 71.8 Å². The molecule has 206 valence electrons. The molecule has 39 heavy (non-hydrogen) atoms. The second kappa shape index (κ2) is 14.5. The van der Waals surface area contributed by atoms with Gasteiger partial charge in [0.15, 0.2) is 6.10 Å². The van der Waals surface area contributed by atoms with Gasteiger partial charge in [0.1, 0.15) is 30.0 Å². The molecule has 0 radical (unpaired) electrons. The molecule has 0 fully saturated rings. The summed E-state index contributed by atoms with van der Waals surface area (Å²) in [6.45, 7) is 5.77. The van der Waals surface area contributed by atoms with E-state index in [1.54, 1.807) is 55.5 Å². The van der Waals surface area contributed by atoms with Crippen molar-refractivity contribution in [3.05, 3.63) is 93.7 Å². The Morgan fingerprint density at radius 3 is 2.31 bits per heavy atom. The average molecular weight is 574 g/mol. The van der Waals surface area contributed by atoms with Gasteiger partial charge in [0.2, 0.25) is 0 Å². The van der Waals surface area contributed by atoms with E-state index < -0.39 is 24.0 Å². The first-order valence-corrected chi connectivity index (χ1v) is 13.1. The fourth-order valence-corrected chi connectivity index (χ4v) is 3.91. The summed E-state index contributed by atoms with van der Waals surface area (Å²) in [7, 11) is 0. The molecule has 10 heteroatoms. The molecule has 0 aliphatic rings. The van der Waals surface area contributed by atoms with E-state index in [4.69, 9.17) is 32.7 Å². The molecule has 0 saturated heterocycles. The van der Waals surface area contributed by atoms with Crippen molar-refractivity contribution in [2.45, 2.75) is 45.9 Å². The van der Waals surface area contributed by atoms with Crippen LogP contribution in [0.3, 0.4) is 0 Å². The van der Waals surface area contributed by atoms with Crippen LogP contribution in [-0.4, -0.2) is 30.2 Å². The van der Waals surface area contributed by atoms with Gasteiger partial charge in [-0.1, -0.05) is 49.2 Å². The van der Waals surface area contributed by atoms with Gasteiger partial charge in [-0.25, -0.2) is 9.82 Å². The number of nitrogens with zero attached hydrogens (tertiary/aromatic N) is 1. The molecular weight excluding hydrogens is 544 g/mol. The number of nitrogens with one attached hydrogen (secondary N) is 2. The standard InChI is InChI=1S/C29H30Cl2FN3O4/c1-18(2)14-26(34-28(36)19(3)39-27-13-8-22(30)15-25(27)31)29(37)35-33-16-20-6-11-24(12-7-20)38-17-21-4-9-23(32)10-5-21/h4-13,15-16,18-19,26H,14,17H2,1-3H3,(H,34,36)(H,35,37)/b33-16-/t19-,26+/m1/s1. The van der Waals surface area contributed by atoms with Crippen LogP contribution in [0.5, 0.6) is 11.5 Å². The molecule has 0 unspecified atom stereocenters. The molecule has 2 atom stereocenters. The second-order valence-electron chi connectivity index (χ2n) is 9.24. The maximum absolute atomic E-state index is 13.0. The molecule has 0 saturated carbocycles. The summed E-state index contributed by atoms with van der Waals surface area (Å²) in [5, 5.41) is 7.48. The summed E-state index contributed by atoms with van der Waals surface area (Å²) in [5.74, 6) is -0.141. The third kappa shape index (κ3) is 9.89. The van der Waals surface area contributed by atoms with E-state index in [9.17, 15) is 14.0 Å². The number of carbonyl (C=O) groups excluding carboxylic acids is 2. The van der Waals surface area contributed by atoms with E-state index in [1.165, 1.54) is 24.4 Å². The minimum absolute atomic E-state index is 0.134. The molecule has 7 nitrogen and oxygen atoms in total. The summed E-state index contributed by atoms with van der Waals surface area (Å²) >= 11 is 12.0. The quantitative estimate of drug-likeness (QED) is 0.200. The predicted molar refractivity (Wildman–Crippen MR) is 151 cm³/mol. The Hall–Kier alpha value is -3.62. The van der Waals surface area contributed by atoms with E-state index in [2.05, 4.69) is 15.8 Å². The predicted octanol–water partition coefficient (Wildman–Crippen LogP) is 6.16. The van der Waals surface area contributed by atoms with E-state index in [1.807, 2.05) is 13.8 Å². The minimum Gasteiger partial charge on any atom is -0.489 e. The van der Waals surface area contributed by atoms with Gasteiger partial charge >= 0.3 is 0 Å². The number of ether oxygens (including phenoxy) is 2. The normalized spacial score (nSPS) is 12.7. The maximum Gasteiger partial charge on any atom is 0.262 e. The summed E-state index contributed by atoms with van der Waals surface area (Å²) < 4.78 is 24.4. The topological polar surface area (TPSA) is 89.0 Å². The second-order valence-corrected chi connectivity index (χ2v) is 10.1. The molecule has 3 aromatic carbocycles. The van der Waals surface area contributed by atoms with Crippen LogP contribution in [0.2, 0.25) is 10.0 Å². The molecule has 3 aromatic rings. The third-order valence-corrected chi connectivity index (χ3v) is 6.02. The molecule has 0 aliphatic heterocycles. The third-order valence-electron chi connectivity index (χ3n) is 5.49. The highest BCUT2D eigenvalue weighted by atomic mass is 35.5. The van der Waals surface area contributed by atoms with Crippen LogP contribution in [0, 0.1) is 11.7 Å². The fraction of sp³-hybridized carbons (Fsp3) is 0.276. The molecule has 0 bridgehead atoms. The Kier molecular flexibility index (Phi) is 11.1. The van der Waals surface area contributed by atoms with Gasteiger partial charge < -0.3 is 14.8 Å². The van der Waals surface area contributed by atoms with Crippen LogP contribution in [0.4, 0.5) is 4.39 Å². The number of hydrazone groups is 1. The molecule has 2 N–H and O–H groups in total.